The minimum absolute atomic E-state index is 0.155. The fourth-order valence-corrected chi connectivity index (χ4v) is 2.06. The van der Waals surface area contributed by atoms with Crippen molar-refractivity contribution in [3.8, 4) is 5.75 Å². The third-order valence-corrected chi connectivity index (χ3v) is 2.81. The van der Waals surface area contributed by atoms with E-state index in [1.807, 2.05) is 22.6 Å². The summed E-state index contributed by atoms with van der Waals surface area (Å²) in [4.78, 5) is 7.79. The summed E-state index contributed by atoms with van der Waals surface area (Å²) in [7, 11) is 0. The van der Waals surface area contributed by atoms with Crippen molar-refractivity contribution in [3.05, 3.63) is 27.2 Å². The molecule has 5 heteroatoms. The maximum atomic E-state index is 9.63. The molecule has 0 atom stereocenters. The van der Waals surface area contributed by atoms with Crippen LogP contribution in [0.1, 0.15) is 0 Å². The minimum atomic E-state index is 0.155. The Balaban J connectivity index is 2.97. The quantitative estimate of drug-likeness (QED) is 0.761. The second kappa shape index (κ2) is 3.26. The van der Waals surface area contributed by atoms with Gasteiger partial charge in [-0.3, -0.25) is 0 Å². The Morgan fingerprint density at radius 1 is 1.46 bits per heavy atom. The van der Waals surface area contributed by atoms with Crippen molar-refractivity contribution in [2.75, 3.05) is 0 Å². The molecule has 0 bridgehead atoms. The molecule has 1 N–H and O–H groups in total. The molecule has 1 aromatic heterocycles. The van der Waals surface area contributed by atoms with Crippen molar-refractivity contribution in [1.82, 2.24) is 9.97 Å². The molecule has 0 saturated carbocycles. The maximum absolute atomic E-state index is 9.63. The van der Waals surface area contributed by atoms with E-state index in [1.54, 1.807) is 12.3 Å². The lowest BCUT2D eigenvalue weighted by atomic mass is 10.2. The van der Waals surface area contributed by atoms with E-state index < -0.39 is 0 Å². The van der Waals surface area contributed by atoms with Crippen LogP contribution in [-0.2, 0) is 0 Å². The fourth-order valence-electron chi connectivity index (χ4n) is 1.06. The molecular weight excluding hydrogens is 302 g/mol. The van der Waals surface area contributed by atoms with Crippen LogP contribution in [0, 0.1) is 3.57 Å². The van der Waals surface area contributed by atoms with Crippen molar-refractivity contribution in [2.45, 2.75) is 0 Å². The van der Waals surface area contributed by atoms with Gasteiger partial charge in [0.15, 0.2) is 5.75 Å². The zero-order valence-corrected chi connectivity index (χ0v) is 9.24. The van der Waals surface area contributed by atoms with Gasteiger partial charge >= 0.3 is 0 Å². The van der Waals surface area contributed by atoms with Gasteiger partial charge in [0.1, 0.15) is 11.8 Å². The monoisotopic (exact) mass is 306 g/mol. The Morgan fingerprint density at radius 3 is 3.00 bits per heavy atom. The molecule has 0 spiro atoms. The molecule has 66 valence electrons. The van der Waals surface area contributed by atoms with Crippen LogP contribution in [-0.4, -0.2) is 15.1 Å². The third kappa shape index (κ3) is 1.44. The van der Waals surface area contributed by atoms with Gasteiger partial charge in [-0.25, -0.2) is 9.97 Å². The van der Waals surface area contributed by atoms with Gasteiger partial charge in [-0.15, -0.1) is 0 Å². The Morgan fingerprint density at radius 2 is 2.23 bits per heavy atom. The number of halogens is 2. The van der Waals surface area contributed by atoms with E-state index in [4.69, 9.17) is 11.6 Å². The van der Waals surface area contributed by atoms with Gasteiger partial charge in [0.2, 0.25) is 0 Å². The summed E-state index contributed by atoms with van der Waals surface area (Å²) in [6.07, 6.45) is 2.97. The summed E-state index contributed by atoms with van der Waals surface area (Å²) in [5.74, 6) is 0.155. The van der Waals surface area contributed by atoms with E-state index in [-0.39, 0.29) is 5.75 Å². The van der Waals surface area contributed by atoms with Crippen LogP contribution in [0.3, 0.4) is 0 Å². The average Bonchev–Trinajstić information content (AvgIpc) is 2.15. The summed E-state index contributed by atoms with van der Waals surface area (Å²) in [6, 6.07) is 1.68. The predicted octanol–water partition coefficient (Wildman–Crippen LogP) is 2.59. The number of rotatable bonds is 0. The van der Waals surface area contributed by atoms with Gasteiger partial charge in [-0.05, 0) is 28.7 Å². The van der Waals surface area contributed by atoms with Crippen LogP contribution >= 0.6 is 34.2 Å². The SMILES string of the molecule is Oc1c(I)cc(Cl)c2cncnc12. The van der Waals surface area contributed by atoms with Crippen molar-refractivity contribution >= 4 is 45.1 Å². The molecular formula is C8H4ClIN2O. The van der Waals surface area contributed by atoms with Gasteiger partial charge in [-0.1, -0.05) is 11.6 Å². The molecule has 13 heavy (non-hydrogen) atoms. The molecule has 0 aliphatic heterocycles. The molecule has 2 rings (SSSR count). The summed E-state index contributed by atoms with van der Waals surface area (Å²) < 4.78 is 0.689. The Bertz CT molecular complexity index is 475. The van der Waals surface area contributed by atoms with Gasteiger partial charge in [0, 0.05) is 11.6 Å². The Hall–Kier alpha value is -0.620. The smallest absolute Gasteiger partial charge is 0.155 e. The highest BCUT2D eigenvalue weighted by Crippen LogP contribution is 2.32. The first-order valence-electron chi connectivity index (χ1n) is 3.47. The molecule has 0 fully saturated rings. The number of hydrogen-bond acceptors (Lipinski definition) is 3. The van der Waals surface area contributed by atoms with E-state index in [0.717, 1.165) is 0 Å². The topological polar surface area (TPSA) is 46.0 Å². The first-order chi connectivity index (χ1) is 6.20. The van der Waals surface area contributed by atoms with E-state index in [1.165, 1.54) is 6.33 Å². The molecule has 0 unspecified atom stereocenters. The van der Waals surface area contributed by atoms with Gasteiger partial charge in [0.05, 0.1) is 8.59 Å². The number of phenolic OH excluding ortho intramolecular Hbond substituents is 1. The van der Waals surface area contributed by atoms with Gasteiger partial charge in [-0.2, -0.15) is 0 Å². The second-order valence-electron chi connectivity index (χ2n) is 2.47. The van der Waals surface area contributed by atoms with E-state index >= 15 is 0 Å². The first-order valence-corrected chi connectivity index (χ1v) is 4.92. The molecule has 0 radical (unpaired) electrons. The molecule has 3 nitrogen and oxygen atoms in total. The Kier molecular flexibility index (Phi) is 2.25. The fraction of sp³-hybridized carbons (Fsp3) is 0. The highest BCUT2D eigenvalue weighted by Gasteiger charge is 2.08. The van der Waals surface area contributed by atoms with Crippen molar-refractivity contribution in [2.24, 2.45) is 0 Å². The number of hydrogen-bond donors (Lipinski definition) is 1. The number of aromatic nitrogens is 2. The number of benzene rings is 1. The zero-order valence-electron chi connectivity index (χ0n) is 6.33. The predicted molar refractivity (Wildman–Crippen MR) is 58.9 cm³/mol. The number of fused-ring (bicyclic) bond motifs is 1. The lowest BCUT2D eigenvalue weighted by molar-refractivity contribution is 0.476. The molecule has 0 amide bonds. The molecule has 0 saturated heterocycles. The van der Waals surface area contributed by atoms with Crippen LogP contribution in [0.4, 0.5) is 0 Å². The number of nitrogens with zero attached hydrogens (tertiary/aromatic N) is 2. The van der Waals surface area contributed by atoms with Gasteiger partial charge < -0.3 is 5.11 Å². The van der Waals surface area contributed by atoms with Crippen molar-refractivity contribution < 1.29 is 5.11 Å². The zero-order chi connectivity index (χ0) is 9.42. The van der Waals surface area contributed by atoms with E-state index in [0.29, 0.717) is 19.5 Å². The third-order valence-electron chi connectivity index (χ3n) is 1.67. The summed E-state index contributed by atoms with van der Waals surface area (Å²) in [5, 5.41) is 10.8. The lowest BCUT2D eigenvalue weighted by Crippen LogP contribution is -1.85. The van der Waals surface area contributed by atoms with Crippen LogP contribution in [0.2, 0.25) is 5.02 Å². The van der Waals surface area contributed by atoms with Crippen LogP contribution in [0.5, 0.6) is 5.75 Å². The average molecular weight is 306 g/mol. The summed E-state index contributed by atoms with van der Waals surface area (Å²) >= 11 is 7.94. The molecule has 1 aromatic carbocycles. The van der Waals surface area contributed by atoms with Crippen LogP contribution in [0.25, 0.3) is 10.9 Å². The largest absolute Gasteiger partial charge is 0.505 e. The van der Waals surface area contributed by atoms with Crippen LogP contribution < -0.4 is 0 Å². The van der Waals surface area contributed by atoms with Crippen molar-refractivity contribution in [1.29, 1.82) is 0 Å². The normalized spacial score (nSPS) is 10.6. The number of phenols is 1. The summed E-state index contributed by atoms with van der Waals surface area (Å²) in [6.45, 7) is 0. The van der Waals surface area contributed by atoms with E-state index in [2.05, 4.69) is 9.97 Å². The lowest BCUT2D eigenvalue weighted by Gasteiger charge is -2.03. The molecule has 2 aromatic rings. The van der Waals surface area contributed by atoms with Crippen LogP contribution in [0.15, 0.2) is 18.6 Å². The standard InChI is InChI=1S/C8H4ClIN2O/c9-5-1-6(10)8(13)7-4(5)2-11-3-12-7/h1-3,13H. The highest BCUT2D eigenvalue weighted by molar-refractivity contribution is 14.1. The maximum Gasteiger partial charge on any atom is 0.155 e. The Labute approximate surface area is 92.9 Å². The van der Waals surface area contributed by atoms with E-state index in [9.17, 15) is 5.11 Å². The summed E-state index contributed by atoms with van der Waals surface area (Å²) in [5.41, 5.74) is 0.493. The second-order valence-corrected chi connectivity index (χ2v) is 4.04. The molecule has 1 heterocycles. The van der Waals surface area contributed by atoms with Crippen molar-refractivity contribution in [3.63, 3.8) is 0 Å². The molecule has 0 aliphatic rings. The van der Waals surface area contributed by atoms with Gasteiger partial charge in [0.25, 0.3) is 0 Å². The highest BCUT2D eigenvalue weighted by atomic mass is 127. The minimum Gasteiger partial charge on any atom is -0.505 e. The first kappa shape index (κ1) is 8.96. The number of aromatic hydroxyl groups is 1. The molecule has 0 aliphatic carbocycles.